The summed E-state index contributed by atoms with van der Waals surface area (Å²) in [5.41, 5.74) is 6.91. The van der Waals surface area contributed by atoms with Crippen molar-refractivity contribution in [1.82, 2.24) is 14.5 Å². The second kappa shape index (κ2) is 7.99. The molecule has 6 nitrogen and oxygen atoms in total. The molecule has 2 rings (SSSR count). The predicted octanol–water partition coefficient (Wildman–Crippen LogP) is 2.66. The van der Waals surface area contributed by atoms with Crippen LogP contribution in [0.3, 0.4) is 0 Å². The molecular formula is C17H26N4O2. The fraction of sp³-hybridized carbons (Fsp3) is 0.471. The van der Waals surface area contributed by atoms with Crippen molar-refractivity contribution in [2.75, 3.05) is 27.2 Å². The molecule has 126 valence electrons. The highest BCUT2D eigenvalue weighted by atomic mass is 16.5. The minimum Gasteiger partial charge on any atom is -0.492 e. The van der Waals surface area contributed by atoms with Gasteiger partial charge in [0.1, 0.15) is 18.1 Å². The van der Waals surface area contributed by atoms with E-state index in [0.29, 0.717) is 12.6 Å². The second-order valence-electron chi connectivity index (χ2n) is 5.72. The van der Waals surface area contributed by atoms with Crippen molar-refractivity contribution in [1.29, 1.82) is 0 Å². The zero-order valence-corrected chi connectivity index (χ0v) is 14.3. The number of nitrogens with two attached hydrogens (primary N) is 1. The van der Waals surface area contributed by atoms with Gasteiger partial charge in [-0.15, -0.1) is 0 Å². The molecule has 1 aromatic heterocycles. The first-order valence-corrected chi connectivity index (χ1v) is 7.87. The maximum Gasteiger partial charge on any atom is 0.302 e. The summed E-state index contributed by atoms with van der Waals surface area (Å²) in [5.74, 6) is 1.55. The number of rotatable bonds is 8. The molecule has 0 fully saturated rings. The van der Waals surface area contributed by atoms with E-state index in [0.717, 1.165) is 30.3 Å². The first-order chi connectivity index (χ1) is 11.0. The number of benzene rings is 1. The Morgan fingerprint density at radius 3 is 2.43 bits per heavy atom. The lowest BCUT2D eigenvalue weighted by Crippen LogP contribution is -2.19. The van der Waals surface area contributed by atoms with Crippen LogP contribution in [0.2, 0.25) is 0 Å². The summed E-state index contributed by atoms with van der Waals surface area (Å²) < 4.78 is 13.5. The molecule has 0 amide bonds. The van der Waals surface area contributed by atoms with Crippen molar-refractivity contribution in [2.24, 2.45) is 5.73 Å². The summed E-state index contributed by atoms with van der Waals surface area (Å²) in [6, 6.07) is 8.04. The second-order valence-corrected chi connectivity index (χ2v) is 5.72. The molecule has 0 radical (unpaired) electrons. The lowest BCUT2D eigenvalue weighted by molar-refractivity contribution is 0.261. The van der Waals surface area contributed by atoms with Gasteiger partial charge >= 0.3 is 6.01 Å². The fourth-order valence-electron chi connectivity index (χ4n) is 2.19. The molecule has 23 heavy (non-hydrogen) atoms. The number of nitrogens with zero attached hydrogens (tertiary/aromatic N) is 3. The highest BCUT2D eigenvalue weighted by Gasteiger charge is 2.13. The van der Waals surface area contributed by atoms with E-state index < -0.39 is 0 Å². The summed E-state index contributed by atoms with van der Waals surface area (Å²) in [7, 11) is 4.04. The summed E-state index contributed by atoms with van der Waals surface area (Å²) in [5, 5.41) is 0. The van der Waals surface area contributed by atoms with Gasteiger partial charge in [0, 0.05) is 19.1 Å². The van der Waals surface area contributed by atoms with Crippen LogP contribution in [0.15, 0.2) is 30.5 Å². The van der Waals surface area contributed by atoms with Gasteiger partial charge in [-0.3, -0.25) is 4.57 Å². The molecule has 0 spiro atoms. The molecule has 1 aromatic carbocycles. The fourth-order valence-corrected chi connectivity index (χ4v) is 2.19. The number of likely N-dealkylation sites (N-methyl/N-ethyl adjacent to an activating group) is 1. The van der Waals surface area contributed by atoms with Gasteiger partial charge in [-0.2, -0.15) is 0 Å². The Kier molecular flexibility index (Phi) is 6.01. The Balaban J connectivity index is 2.01. The van der Waals surface area contributed by atoms with Crippen LogP contribution in [0.5, 0.6) is 17.5 Å². The Morgan fingerprint density at radius 1 is 1.22 bits per heavy atom. The molecule has 6 heteroatoms. The van der Waals surface area contributed by atoms with Gasteiger partial charge in [0.05, 0.1) is 11.9 Å². The van der Waals surface area contributed by atoms with E-state index in [1.807, 2.05) is 56.8 Å². The monoisotopic (exact) mass is 318 g/mol. The third kappa shape index (κ3) is 4.71. The molecule has 0 saturated carbocycles. The van der Waals surface area contributed by atoms with E-state index in [4.69, 9.17) is 15.2 Å². The third-order valence-corrected chi connectivity index (χ3v) is 3.47. The van der Waals surface area contributed by atoms with Crippen LogP contribution in [-0.2, 0) is 6.54 Å². The quantitative estimate of drug-likeness (QED) is 0.810. The van der Waals surface area contributed by atoms with E-state index in [-0.39, 0.29) is 6.04 Å². The molecule has 0 saturated heterocycles. The summed E-state index contributed by atoms with van der Waals surface area (Å²) in [6.45, 7) is 6.28. The third-order valence-electron chi connectivity index (χ3n) is 3.47. The zero-order chi connectivity index (χ0) is 16.8. The lowest BCUT2D eigenvalue weighted by Gasteiger charge is -2.13. The van der Waals surface area contributed by atoms with Crippen molar-refractivity contribution in [3.05, 3.63) is 36.2 Å². The van der Waals surface area contributed by atoms with Gasteiger partial charge in [0.2, 0.25) is 0 Å². The topological polar surface area (TPSA) is 65.5 Å². The minimum atomic E-state index is -0.0766. The highest BCUT2D eigenvalue weighted by molar-refractivity contribution is 5.33. The summed E-state index contributed by atoms with van der Waals surface area (Å²) >= 11 is 0. The van der Waals surface area contributed by atoms with Gasteiger partial charge in [0.25, 0.3) is 0 Å². The number of hydrogen-bond acceptors (Lipinski definition) is 5. The molecule has 1 unspecified atom stereocenters. The Labute approximate surface area is 137 Å². The highest BCUT2D eigenvalue weighted by Crippen LogP contribution is 2.25. The van der Waals surface area contributed by atoms with E-state index in [2.05, 4.69) is 9.88 Å². The van der Waals surface area contributed by atoms with Crippen LogP contribution >= 0.6 is 0 Å². The molecule has 0 aliphatic heterocycles. The van der Waals surface area contributed by atoms with E-state index in [1.54, 1.807) is 6.20 Å². The van der Waals surface area contributed by atoms with Crippen LogP contribution in [0.25, 0.3) is 0 Å². The molecule has 0 aliphatic carbocycles. The summed E-state index contributed by atoms with van der Waals surface area (Å²) in [6.07, 6.45) is 1.77. The maximum atomic E-state index is 5.95. The number of aromatic nitrogens is 2. The number of imidazole rings is 1. The molecule has 1 heterocycles. The zero-order valence-electron chi connectivity index (χ0n) is 14.3. The Bertz CT molecular complexity index is 606. The molecule has 0 aliphatic rings. The van der Waals surface area contributed by atoms with Gasteiger partial charge in [-0.25, -0.2) is 4.98 Å². The van der Waals surface area contributed by atoms with Crippen molar-refractivity contribution < 1.29 is 9.47 Å². The SMILES string of the molecule is CCn1c(C(C)N)cnc1Oc1ccc(OCCN(C)C)cc1. The van der Waals surface area contributed by atoms with Crippen LogP contribution in [0.4, 0.5) is 0 Å². The van der Waals surface area contributed by atoms with Crippen molar-refractivity contribution in [2.45, 2.75) is 26.4 Å². The molecule has 0 bridgehead atoms. The van der Waals surface area contributed by atoms with E-state index in [1.165, 1.54) is 0 Å². The summed E-state index contributed by atoms with van der Waals surface area (Å²) in [4.78, 5) is 6.40. The average Bonchev–Trinajstić information content (AvgIpc) is 2.91. The van der Waals surface area contributed by atoms with E-state index >= 15 is 0 Å². The smallest absolute Gasteiger partial charge is 0.302 e. The van der Waals surface area contributed by atoms with Crippen LogP contribution in [0, 0.1) is 0 Å². The number of ether oxygens (including phenoxy) is 2. The average molecular weight is 318 g/mol. The maximum absolute atomic E-state index is 5.95. The Morgan fingerprint density at radius 2 is 1.87 bits per heavy atom. The molecule has 2 N–H and O–H groups in total. The largest absolute Gasteiger partial charge is 0.492 e. The van der Waals surface area contributed by atoms with Crippen LogP contribution in [-0.4, -0.2) is 41.7 Å². The van der Waals surface area contributed by atoms with Gasteiger partial charge in [-0.1, -0.05) is 0 Å². The molecule has 1 atom stereocenters. The van der Waals surface area contributed by atoms with Gasteiger partial charge < -0.3 is 20.1 Å². The van der Waals surface area contributed by atoms with Crippen molar-refractivity contribution in [3.63, 3.8) is 0 Å². The van der Waals surface area contributed by atoms with Crippen molar-refractivity contribution >= 4 is 0 Å². The Hall–Kier alpha value is -2.05. The first kappa shape index (κ1) is 17.3. The molecular weight excluding hydrogens is 292 g/mol. The van der Waals surface area contributed by atoms with Gasteiger partial charge in [0.15, 0.2) is 0 Å². The van der Waals surface area contributed by atoms with Crippen molar-refractivity contribution in [3.8, 4) is 17.5 Å². The van der Waals surface area contributed by atoms with Crippen LogP contribution < -0.4 is 15.2 Å². The molecule has 2 aromatic rings. The standard InChI is InChI=1S/C17H26N4O2/c1-5-21-16(13(2)18)12-19-17(21)23-15-8-6-14(7-9-15)22-11-10-20(3)4/h6-9,12-13H,5,10-11,18H2,1-4H3. The normalized spacial score (nSPS) is 12.4. The first-order valence-electron chi connectivity index (χ1n) is 7.87. The predicted molar refractivity (Wildman–Crippen MR) is 91.1 cm³/mol. The number of hydrogen-bond donors (Lipinski definition) is 1. The van der Waals surface area contributed by atoms with Gasteiger partial charge in [-0.05, 0) is 52.2 Å². The van der Waals surface area contributed by atoms with Crippen LogP contribution in [0.1, 0.15) is 25.6 Å². The minimum absolute atomic E-state index is 0.0766. The lowest BCUT2D eigenvalue weighted by atomic mass is 10.3. The van der Waals surface area contributed by atoms with E-state index in [9.17, 15) is 0 Å².